The quantitative estimate of drug-likeness (QED) is 0.886. The number of hydrogen-bond acceptors (Lipinski definition) is 3. The highest BCUT2D eigenvalue weighted by Crippen LogP contribution is 2.30. The molecule has 2 fully saturated rings. The molecule has 1 aromatic rings. The lowest BCUT2D eigenvalue weighted by molar-refractivity contribution is -0.0571. The van der Waals surface area contributed by atoms with Crippen LogP contribution in [0.15, 0.2) is 30.3 Å². The number of nitrogens with zero attached hydrogens (tertiary/aromatic N) is 1. The first-order chi connectivity index (χ1) is 8.84. The van der Waals surface area contributed by atoms with E-state index >= 15 is 0 Å². The fourth-order valence-electron chi connectivity index (χ4n) is 3.29. The van der Waals surface area contributed by atoms with E-state index in [1.54, 1.807) is 0 Å². The third-order valence-electron chi connectivity index (χ3n) is 4.26. The Morgan fingerprint density at radius 1 is 1.28 bits per heavy atom. The van der Waals surface area contributed by atoms with Crippen LogP contribution in [0.25, 0.3) is 0 Å². The van der Waals surface area contributed by atoms with Crippen LogP contribution in [0.1, 0.15) is 30.9 Å². The Kier molecular flexibility index (Phi) is 3.64. The van der Waals surface area contributed by atoms with Crippen molar-refractivity contribution in [2.75, 3.05) is 19.7 Å². The average Bonchev–Trinajstić information content (AvgIpc) is 2.89. The van der Waals surface area contributed by atoms with Crippen molar-refractivity contribution in [3.63, 3.8) is 0 Å². The van der Waals surface area contributed by atoms with Gasteiger partial charge in [0.15, 0.2) is 0 Å². The minimum atomic E-state index is 0.116. The maximum Gasteiger partial charge on any atom is 0.0730 e. The molecule has 0 amide bonds. The molecule has 1 saturated carbocycles. The summed E-state index contributed by atoms with van der Waals surface area (Å²) in [6.07, 6.45) is 4.25. The first-order valence-electron chi connectivity index (χ1n) is 7.01. The van der Waals surface area contributed by atoms with Gasteiger partial charge in [-0.25, -0.2) is 0 Å². The molecule has 3 rings (SSSR count). The zero-order valence-electron chi connectivity index (χ0n) is 10.8. The summed E-state index contributed by atoms with van der Waals surface area (Å²) in [5.74, 6) is 0. The van der Waals surface area contributed by atoms with Gasteiger partial charge >= 0.3 is 0 Å². The molecule has 2 N–H and O–H groups in total. The summed E-state index contributed by atoms with van der Waals surface area (Å²) in [4.78, 5) is 2.54. The maximum absolute atomic E-state index is 6.33. The van der Waals surface area contributed by atoms with Crippen LogP contribution in [-0.2, 0) is 4.74 Å². The Bertz CT molecular complexity index is 381. The predicted molar refractivity (Wildman–Crippen MR) is 72.3 cm³/mol. The molecule has 0 aromatic heterocycles. The zero-order valence-corrected chi connectivity index (χ0v) is 10.8. The molecule has 1 aromatic carbocycles. The fraction of sp³-hybridized carbons (Fsp3) is 0.600. The Morgan fingerprint density at radius 3 is 2.94 bits per heavy atom. The Balaban J connectivity index is 1.65. The number of benzene rings is 1. The molecule has 0 radical (unpaired) electrons. The molecule has 98 valence electrons. The van der Waals surface area contributed by atoms with Gasteiger partial charge in [-0.05, 0) is 24.8 Å². The summed E-state index contributed by atoms with van der Waals surface area (Å²) in [7, 11) is 0. The van der Waals surface area contributed by atoms with Crippen LogP contribution in [0.5, 0.6) is 0 Å². The van der Waals surface area contributed by atoms with E-state index in [9.17, 15) is 0 Å². The van der Waals surface area contributed by atoms with Crippen LogP contribution in [0.2, 0.25) is 0 Å². The molecule has 1 saturated heterocycles. The van der Waals surface area contributed by atoms with Gasteiger partial charge in [0.2, 0.25) is 0 Å². The van der Waals surface area contributed by atoms with Crippen molar-refractivity contribution in [2.45, 2.75) is 37.5 Å². The SMILES string of the molecule is NC(CN1CCOC2CCCC21)c1ccccc1. The molecular weight excluding hydrogens is 224 g/mol. The van der Waals surface area contributed by atoms with Crippen LogP contribution in [-0.4, -0.2) is 36.7 Å². The van der Waals surface area contributed by atoms with E-state index < -0.39 is 0 Å². The molecule has 0 spiro atoms. The van der Waals surface area contributed by atoms with Crippen LogP contribution in [0.4, 0.5) is 0 Å². The van der Waals surface area contributed by atoms with Crippen molar-refractivity contribution in [3.8, 4) is 0 Å². The Labute approximate surface area is 109 Å². The van der Waals surface area contributed by atoms with Crippen molar-refractivity contribution < 1.29 is 4.74 Å². The maximum atomic E-state index is 6.33. The highest BCUT2D eigenvalue weighted by atomic mass is 16.5. The van der Waals surface area contributed by atoms with Crippen LogP contribution in [0.3, 0.4) is 0 Å². The van der Waals surface area contributed by atoms with E-state index in [2.05, 4.69) is 29.2 Å². The second-order valence-electron chi connectivity index (χ2n) is 5.42. The van der Waals surface area contributed by atoms with Gasteiger partial charge in [0.05, 0.1) is 12.7 Å². The van der Waals surface area contributed by atoms with Gasteiger partial charge in [0.1, 0.15) is 0 Å². The van der Waals surface area contributed by atoms with Crippen LogP contribution < -0.4 is 5.73 Å². The highest BCUT2D eigenvalue weighted by Gasteiger charge is 2.36. The highest BCUT2D eigenvalue weighted by molar-refractivity contribution is 5.18. The van der Waals surface area contributed by atoms with Gasteiger partial charge in [-0.15, -0.1) is 0 Å². The summed E-state index contributed by atoms with van der Waals surface area (Å²) in [6, 6.07) is 11.1. The summed E-state index contributed by atoms with van der Waals surface area (Å²) in [5, 5.41) is 0. The van der Waals surface area contributed by atoms with Crippen LogP contribution >= 0.6 is 0 Å². The molecule has 2 aliphatic rings. The Hall–Kier alpha value is -0.900. The molecule has 3 unspecified atom stereocenters. The van der Waals surface area contributed by atoms with Gasteiger partial charge < -0.3 is 10.5 Å². The standard InChI is InChI=1S/C15H22N2O/c16-13(12-5-2-1-3-6-12)11-17-9-10-18-15-8-4-7-14(15)17/h1-3,5-6,13-15H,4,7-11,16H2. The van der Waals surface area contributed by atoms with Gasteiger partial charge in [-0.2, -0.15) is 0 Å². The topological polar surface area (TPSA) is 38.5 Å². The predicted octanol–water partition coefficient (Wildman–Crippen LogP) is 1.94. The van der Waals surface area contributed by atoms with Gasteiger partial charge in [0, 0.05) is 25.2 Å². The molecule has 3 heteroatoms. The molecule has 0 bridgehead atoms. The molecular formula is C15H22N2O. The lowest BCUT2D eigenvalue weighted by atomic mass is 10.0. The largest absolute Gasteiger partial charge is 0.375 e. The molecule has 1 aliphatic carbocycles. The lowest BCUT2D eigenvalue weighted by Gasteiger charge is -2.39. The minimum absolute atomic E-state index is 0.116. The van der Waals surface area contributed by atoms with Gasteiger partial charge in [0.25, 0.3) is 0 Å². The summed E-state index contributed by atoms with van der Waals surface area (Å²) < 4.78 is 5.84. The summed E-state index contributed by atoms with van der Waals surface area (Å²) in [5.41, 5.74) is 7.56. The fourth-order valence-corrected chi connectivity index (χ4v) is 3.29. The lowest BCUT2D eigenvalue weighted by Crippen LogP contribution is -2.50. The van der Waals surface area contributed by atoms with Crippen molar-refractivity contribution in [2.24, 2.45) is 5.73 Å². The van der Waals surface area contributed by atoms with Crippen molar-refractivity contribution in [3.05, 3.63) is 35.9 Å². The van der Waals surface area contributed by atoms with Crippen LogP contribution in [0, 0.1) is 0 Å². The molecule has 18 heavy (non-hydrogen) atoms. The number of fused-ring (bicyclic) bond motifs is 1. The number of nitrogens with two attached hydrogens (primary N) is 1. The second kappa shape index (κ2) is 5.39. The van der Waals surface area contributed by atoms with E-state index in [0.717, 1.165) is 19.7 Å². The third-order valence-corrected chi connectivity index (χ3v) is 4.26. The van der Waals surface area contributed by atoms with E-state index in [-0.39, 0.29) is 6.04 Å². The normalized spacial score (nSPS) is 30.1. The number of hydrogen-bond donors (Lipinski definition) is 1. The first kappa shape index (κ1) is 12.2. The van der Waals surface area contributed by atoms with Gasteiger partial charge in [-0.3, -0.25) is 4.90 Å². The van der Waals surface area contributed by atoms with E-state index in [1.165, 1.54) is 24.8 Å². The monoisotopic (exact) mass is 246 g/mol. The molecule has 1 aliphatic heterocycles. The number of rotatable bonds is 3. The van der Waals surface area contributed by atoms with E-state index in [4.69, 9.17) is 10.5 Å². The number of ether oxygens (including phenoxy) is 1. The smallest absolute Gasteiger partial charge is 0.0730 e. The average molecular weight is 246 g/mol. The van der Waals surface area contributed by atoms with Crippen molar-refractivity contribution in [1.82, 2.24) is 4.90 Å². The zero-order chi connectivity index (χ0) is 12.4. The molecule has 3 nitrogen and oxygen atoms in total. The molecule has 3 atom stereocenters. The minimum Gasteiger partial charge on any atom is -0.375 e. The third kappa shape index (κ3) is 2.44. The van der Waals surface area contributed by atoms with E-state index in [0.29, 0.717) is 12.1 Å². The summed E-state index contributed by atoms with van der Waals surface area (Å²) in [6.45, 7) is 2.85. The van der Waals surface area contributed by atoms with E-state index in [1.807, 2.05) is 6.07 Å². The van der Waals surface area contributed by atoms with Crippen molar-refractivity contribution >= 4 is 0 Å². The second-order valence-corrected chi connectivity index (χ2v) is 5.42. The Morgan fingerprint density at radius 2 is 2.11 bits per heavy atom. The van der Waals surface area contributed by atoms with Crippen molar-refractivity contribution in [1.29, 1.82) is 0 Å². The van der Waals surface area contributed by atoms with Gasteiger partial charge in [-0.1, -0.05) is 30.3 Å². The molecule has 1 heterocycles. The summed E-state index contributed by atoms with van der Waals surface area (Å²) >= 11 is 0. The first-order valence-corrected chi connectivity index (χ1v) is 7.01. The number of morpholine rings is 1.